The molecule has 0 fully saturated rings. The van der Waals surface area contributed by atoms with Crippen molar-refractivity contribution >= 4 is 11.6 Å². The lowest BCUT2D eigenvalue weighted by Crippen LogP contribution is -2.14. The maximum absolute atomic E-state index is 12.4. The molecule has 0 saturated carbocycles. The van der Waals surface area contributed by atoms with E-state index in [4.69, 9.17) is 0 Å². The summed E-state index contributed by atoms with van der Waals surface area (Å²) < 4.78 is 30.7. The van der Waals surface area contributed by atoms with Crippen molar-refractivity contribution < 1.29 is 18.3 Å². The molecule has 0 aliphatic heterocycles. The van der Waals surface area contributed by atoms with Crippen LogP contribution in [0.5, 0.6) is 5.75 Å². The molecule has 0 aliphatic rings. The molecule has 1 heterocycles. The normalized spacial score (nSPS) is 10.8. The number of rotatable bonds is 4. The molecule has 5 nitrogen and oxygen atoms in total. The first-order valence-corrected chi connectivity index (χ1v) is 6.24. The Bertz CT molecular complexity index is 668. The number of nitrogens with zero attached hydrogens (tertiary/aromatic N) is 2. The first kappa shape index (κ1) is 15.0. The standard InChI is InChI=1S/C14H15F2N3O2/c1-8-4-5-12(21-14(15)16)11(6-8)17-13(20)10-7-19(3)18-9(10)2/h4-7,14H,1-3H3,(H,17,20). The molecule has 0 bridgehead atoms. The van der Waals surface area contributed by atoms with Gasteiger partial charge in [0, 0.05) is 13.2 Å². The van der Waals surface area contributed by atoms with Crippen molar-refractivity contribution in [1.82, 2.24) is 9.78 Å². The van der Waals surface area contributed by atoms with Gasteiger partial charge in [-0.15, -0.1) is 0 Å². The molecular weight excluding hydrogens is 280 g/mol. The van der Waals surface area contributed by atoms with Crippen LogP contribution in [0.3, 0.4) is 0 Å². The number of nitrogens with one attached hydrogen (secondary N) is 1. The van der Waals surface area contributed by atoms with Crippen LogP contribution >= 0.6 is 0 Å². The van der Waals surface area contributed by atoms with Gasteiger partial charge in [-0.1, -0.05) is 6.07 Å². The maximum Gasteiger partial charge on any atom is 0.387 e. The van der Waals surface area contributed by atoms with Crippen LogP contribution in [0.4, 0.5) is 14.5 Å². The number of aryl methyl sites for hydroxylation is 3. The monoisotopic (exact) mass is 295 g/mol. The SMILES string of the molecule is Cc1ccc(OC(F)F)c(NC(=O)c2cn(C)nc2C)c1. The quantitative estimate of drug-likeness (QED) is 0.943. The van der Waals surface area contributed by atoms with Gasteiger partial charge in [0.2, 0.25) is 0 Å². The van der Waals surface area contributed by atoms with E-state index in [0.717, 1.165) is 5.56 Å². The lowest BCUT2D eigenvalue weighted by atomic mass is 10.2. The Balaban J connectivity index is 2.28. The second kappa shape index (κ2) is 5.90. The Morgan fingerprint density at radius 1 is 1.38 bits per heavy atom. The number of anilines is 1. The number of benzene rings is 1. The van der Waals surface area contributed by atoms with Gasteiger partial charge in [-0.05, 0) is 31.5 Å². The second-order valence-electron chi connectivity index (χ2n) is 4.63. The molecule has 1 aromatic carbocycles. The summed E-state index contributed by atoms with van der Waals surface area (Å²) in [5.41, 5.74) is 1.94. The third-order valence-corrected chi connectivity index (χ3v) is 2.86. The van der Waals surface area contributed by atoms with Crippen molar-refractivity contribution in [2.45, 2.75) is 20.5 Å². The van der Waals surface area contributed by atoms with Gasteiger partial charge in [-0.25, -0.2) is 0 Å². The number of hydrogen-bond acceptors (Lipinski definition) is 3. The number of ether oxygens (including phenoxy) is 1. The Morgan fingerprint density at radius 3 is 2.67 bits per heavy atom. The molecule has 21 heavy (non-hydrogen) atoms. The molecule has 0 radical (unpaired) electrons. The molecule has 1 aromatic heterocycles. The van der Waals surface area contributed by atoms with Crippen LogP contribution in [0.2, 0.25) is 0 Å². The Kier molecular flexibility index (Phi) is 4.21. The molecule has 1 N–H and O–H groups in total. The molecule has 0 spiro atoms. The van der Waals surface area contributed by atoms with Gasteiger partial charge in [0.25, 0.3) is 5.91 Å². The van der Waals surface area contributed by atoms with E-state index in [1.54, 1.807) is 39.2 Å². The number of aromatic nitrogens is 2. The Hall–Kier alpha value is -2.44. The third-order valence-electron chi connectivity index (χ3n) is 2.86. The van der Waals surface area contributed by atoms with Crippen LogP contribution in [-0.2, 0) is 7.05 Å². The third kappa shape index (κ3) is 3.56. The highest BCUT2D eigenvalue weighted by atomic mass is 19.3. The smallest absolute Gasteiger partial charge is 0.387 e. The van der Waals surface area contributed by atoms with Crippen LogP contribution in [-0.4, -0.2) is 22.3 Å². The average molecular weight is 295 g/mol. The number of hydrogen-bond donors (Lipinski definition) is 1. The van der Waals surface area contributed by atoms with Gasteiger partial charge in [0.05, 0.1) is 16.9 Å². The predicted molar refractivity (Wildman–Crippen MR) is 73.7 cm³/mol. The van der Waals surface area contributed by atoms with Gasteiger partial charge < -0.3 is 10.1 Å². The molecule has 0 saturated heterocycles. The zero-order valence-electron chi connectivity index (χ0n) is 11.9. The largest absolute Gasteiger partial charge is 0.433 e. The Morgan fingerprint density at radius 2 is 2.10 bits per heavy atom. The highest BCUT2D eigenvalue weighted by molar-refractivity contribution is 6.05. The van der Waals surface area contributed by atoms with Gasteiger partial charge in [0.15, 0.2) is 0 Å². The second-order valence-corrected chi connectivity index (χ2v) is 4.63. The van der Waals surface area contributed by atoms with Gasteiger partial charge in [-0.3, -0.25) is 9.48 Å². The number of amides is 1. The zero-order chi connectivity index (χ0) is 15.6. The van der Waals surface area contributed by atoms with Crippen molar-refractivity contribution in [2.24, 2.45) is 7.05 Å². The van der Waals surface area contributed by atoms with E-state index < -0.39 is 12.5 Å². The molecule has 2 rings (SSSR count). The summed E-state index contributed by atoms with van der Waals surface area (Å²) in [5, 5.41) is 6.64. The minimum atomic E-state index is -2.96. The fraction of sp³-hybridized carbons (Fsp3) is 0.286. The van der Waals surface area contributed by atoms with Gasteiger partial charge in [-0.2, -0.15) is 13.9 Å². The Labute approximate surface area is 120 Å². The van der Waals surface area contributed by atoms with Crippen molar-refractivity contribution in [1.29, 1.82) is 0 Å². The number of alkyl halides is 2. The van der Waals surface area contributed by atoms with E-state index in [2.05, 4.69) is 15.2 Å². The van der Waals surface area contributed by atoms with Crippen molar-refractivity contribution in [2.75, 3.05) is 5.32 Å². The summed E-state index contributed by atoms with van der Waals surface area (Å²) in [7, 11) is 1.70. The molecule has 112 valence electrons. The lowest BCUT2D eigenvalue weighted by Gasteiger charge is -2.12. The summed E-state index contributed by atoms with van der Waals surface area (Å²) in [6.07, 6.45) is 1.56. The number of halogens is 2. The fourth-order valence-electron chi connectivity index (χ4n) is 1.95. The molecular formula is C14H15F2N3O2. The molecule has 0 unspecified atom stereocenters. The highest BCUT2D eigenvalue weighted by Gasteiger charge is 2.16. The van der Waals surface area contributed by atoms with E-state index in [0.29, 0.717) is 11.3 Å². The van der Waals surface area contributed by atoms with Crippen LogP contribution in [0.25, 0.3) is 0 Å². The first-order chi connectivity index (χ1) is 9.86. The summed E-state index contributed by atoms with van der Waals surface area (Å²) in [4.78, 5) is 12.2. The predicted octanol–water partition coefficient (Wildman–Crippen LogP) is 2.89. The fourth-order valence-corrected chi connectivity index (χ4v) is 1.95. The van der Waals surface area contributed by atoms with Crippen molar-refractivity contribution in [3.05, 3.63) is 41.2 Å². The summed E-state index contributed by atoms with van der Waals surface area (Å²) in [6, 6.07) is 4.59. The van der Waals surface area contributed by atoms with Crippen molar-refractivity contribution in [3.63, 3.8) is 0 Å². The number of carbonyl (C=O) groups excluding carboxylic acids is 1. The summed E-state index contributed by atoms with van der Waals surface area (Å²) >= 11 is 0. The molecule has 0 atom stereocenters. The van der Waals surface area contributed by atoms with E-state index in [1.807, 2.05) is 0 Å². The van der Waals surface area contributed by atoms with Crippen LogP contribution < -0.4 is 10.1 Å². The summed E-state index contributed by atoms with van der Waals surface area (Å²) in [5.74, 6) is -0.504. The number of carbonyl (C=O) groups is 1. The molecule has 1 amide bonds. The van der Waals surface area contributed by atoms with E-state index in [1.165, 1.54) is 10.7 Å². The average Bonchev–Trinajstić information content (AvgIpc) is 2.71. The molecule has 2 aromatic rings. The topological polar surface area (TPSA) is 56.1 Å². The molecule has 7 heteroatoms. The first-order valence-electron chi connectivity index (χ1n) is 6.24. The minimum Gasteiger partial charge on any atom is -0.433 e. The van der Waals surface area contributed by atoms with Crippen LogP contribution in [0, 0.1) is 13.8 Å². The van der Waals surface area contributed by atoms with Gasteiger partial charge in [0.1, 0.15) is 5.75 Å². The summed E-state index contributed by atoms with van der Waals surface area (Å²) in [6.45, 7) is 0.530. The van der Waals surface area contributed by atoms with E-state index >= 15 is 0 Å². The zero-order valence-corrected chi connectivity index (χ0v) is 11.9. The lowest BCUT2D eigenvalue weighted by molar-refractivity contribution is -0.0493. The maximum atomic E-state index is 12.4. The van der Waals surface area contributed by atoms with Gasteiger partial charge >= 0.3 is 6.61 Å². The van der Waals surface area contributed by atoms with Crippen LogP contribution in [0.1, 0.15) is 21.6 Å². The van der Waals surface area contributed by atoms with E-state index in [-0.39, 0.29) is 11.4 Å². The van der Waals surface area contributed by atoms with Crippen molar-refractivity contribution in [3.8, 4) is 5.75 Å². The molecule has 0 aliphatic carbocycles. The van der Waals surface area contributed by atoms with Crippen LogP contribution in [0.15, 0.2) is 24.4 Å². The highest BCUT2D eigenvalue weighted by Crippen LogP contribution is 2.27. The minimum absolute atomic E-state index is 0.0782. The van der Waals surface area contributed by atoms with E-state index in [9.17, 15) is 13.6 Å².